The Morgan fingerprint density at radius 1 is 1.14 bits per heavy atom. The minimum absolute atomic E-state index is 0.100. The van der Waals surface area contributed by atoms with Crippen molar-refractivity contribution in [1.29, 1.82) is 0 Å². The summed E-state index contributed by atoms with van der Waals surface area (Å²) in [5, 5.41) is 0.693. The molecule has 3 rings (SSSR count). The van der Waals surface area contributed by atoms with Crippen LogP contribution in [-0.4, -0.2) is 80.5 Å². The Balaban J connectivity index is 1.88. The van der Waals surface area contributed by atoms with E-state index in [-0.39, 0.29) is 25.5 Å². The normalized spacial score (nSPS) is 23.4. The lowest BCUT2D eigenvalue weighted by Gasteiger charge is -2.43. The van der Waals surface area contributed by atoms with Crippen molar-refractivity contribution in [1.82, 2.24) is 9.80 Å². The van der Waals surface area contributed by atoms with Crippen LogP contribution in [0.2, 0.25) is 10.0 Å². The van der Waals surface area contributed by atoms with Crippen molar-refractivity contribution in [3.8, 4) is 0 Å². The summed E-state index contributed by atoms with van der Waals surface area (Å²) in [6, 6.07) is 3.84. The lowest BCUT2D eigenvalue weighted by Crippen LogP contribution is -2.55. The highest BCUT2D eigenvalue weighted by Gasteiger charge is 2.44. The third-order valence-corrected chi connectivity index (χ3v) is 7.12. The van der Waals surface area contributed by atoms with Gasteiger partial charge in [-0.2, -0.15) is 8.42 Å². The minimum atomic E-state index is -3.63. The summed E-state index contributed by atoms with van der Waals surface area (Å²) in [4.78, 5) is 29.8. The molecule has 12 heteroatoms. The second-order valence-corrected chi connectivity index (χ2v) is 12.2. The van der Waals surface area contributed by atoms with Gasteiger partial charge in [0.25, 0.3) is 10.1 Å². The van der Waals surface area contributed by atoms with E-state index in [1.54, 1.807) is 43.9 Å². The van der Waals surface area contributed by atoms with Crippen LogP contribution in [0.15, 0.2) is 18.2 Å². The summed E-state index contributed by atoms with van der Waals surface area (Å²) in [5.41, 5.74) is 0.0122. The van der Waals surface area contributed by atoms with Crippen LogP contribution in [0, 0.1) is 0 Å². The molecule has 2 aliphatic rings. The number of carbonyl (C=O) groups is 2. The molecular formula is C23H32Cl2N2O7S. The van der Waals surface area contributed by atoms with Gasteiger partial charge in [0.2, 0.25) is 5.91 Å². The van der Waals surface area contributed by atoms with Gasteiger partial charge in [0.05, 0.1) is 41.7 Å². The zero-order valence-corrected chi connectivity index (χ0v) is 22.7. The average Bonchev–Trinajstić information content (AvgIpc) is 3.23. The van der Waals surface area contributed by atoms with Crippen molar-refractivity contribution < 1.29 is 31.7 Å². The molecule has 2 heterocycles. The first-order chi connectivity index (χ1) is 16.3. The molecule has 3 atom stereocenters. The third kappa shape index (κ3) is 7.45. The second-order valence-electron chi connectivity index (χ2n) is 9.71. The highest BCUT2D eigenvalue weighted by molar-refractivity contribution is 7.85. The summed E-state index contributed by atoms with van der Waals surface area (Å²) in [7, 11) is -3.63. The Bertz CT molecular complexity index is 1040. The second kappa shape index (κ2) is 11.2. The topological polar surface area (TPSA) is 102 Å². The number of benzene rings is 1. The van der Waals surface area contributed by atoms with E-state index in [9.17, 15) is 18.0 Å². The first-order valence-corrected chi connectivity index (χ1v) is 14.0. The number of nitrogens with zero attached hydrogens (tertiary/aromatic N) is 2. The van der Waals surface area contributed by atoms with Gasteiger partial charge in [-0.1, -0.05) is 29.3 Å². The maximum atomic E-state index is 13.8. The standard InChI is InChI=1S/C23H32Cl2N2O7S/c1-23(2,3)34-22(29)26-10-5-6-18(26)21(28)27-11-13-32-19(9-12-33-35(4,30)31)20(27)15-7-8-16(24)17(25)14-15/h7-8,14,18-20H,5-6,9-13H2,1-4H3/t18-,19+,20?/m0/s1. The van der Waals surface area contributed by atoms with Gasteiger partial charge in [-0.05, 0) is 51.3 Å². The molecule has 0 saturated carbocycles. The molecule has 2 aliphatic heterocycles. The van der Waals surface area contributed by atoms with E-state index in [2.05, 4.69) is 0 Å². The summed E-state index contributed by atoms with van der Waals surface area (Å²) < 4.78 is 39.3. The van der Waals surface area contributed by atoms with Crippen molar-refractivity contribution in [2.75, 3.05) is 32.6 Å². The third-order valence-electron chi connectivity index (χ3n) is 5.79. The minimum Gasteiger partial charge on any atom is -0.444 e. The fourth-order valence-corrected chi connectivity index (χ4v) is 5.09. The quantitative estimate of drug-likeness (QED) is 0.492. The van der Waals surface area contributed by atoms with Crippen LogP contribution in [0.3, 0.4) is 0 Å². The van der Waals surface area contributed by atoms with E-state index in [4.69, 9.17) is 36.9 Å². The van der Waals surface area contributed by atoms with Crippen LogP contribution < -0.4 is 0 Å². The van der Waals surface area contributed by atoms with Crippen LogP contribution in [0.1, 0.15) is 51.6 Å². The molecule has 0 spiro atoms. The Hall–Kier alpha value is -1.59. The smallest absolute Gasteiger partial charge is 0.410 e. The first kappa shape index (κ1) is 28.0. The number of amides is 2. The number of morpholine rings is 1. The van der Waals surface area contributed by atoms with Gasteiger partial charge in [0.15, 0.2) is 0 Å². The van der Waals surface area contributed by atoms with Crippen LogP contribution in [0.25, 0.3) is 0 Å². The van der Waals surface area contributed by atoms with Crippen LogP contribution in [0.5, 0.6) is 0 Å². The largest absolute Gasteiger partial charge is 0.444 e. The molecule has 196 valence electrons. The number of rotatable bonds is 6. The fraction of sp³-hybridized carbons (Fsp3) is 0.652. The Labute approximate surface area is 216 Å². The molecule has 0 aliphatic carbocycles. The highest BCUT2D eigenvalue weighted by Crippen LogP contribution is 2.36. The molecule has 2 saturated heterocycles. The van der Waals surface area contributed by atoms with Gasteiger partial charge in [-0.25, -0.2) is 4.79 Å². The number of hydrogen-bond donors (Lipinski definition) is 0. The zero-order chi connectivity index (χ0) is 26.0. The summed E-state index contributed by atoms with van der Waals surface area (Å²) in [6.07, 6.45) is 1.33. The van der Waals surface area contributed by atoms with Gasteiger partial charge < -0.3 is 14.4 Å². The van der Waals surface area contributed by atoms with Gasteiger partial charge in [0, 0.05) is 19.5 Å². The van der Waals surface area contributed by atoms with Crippen molar-refractivity contribution in [2.45, 2.75) is 63.8 Å². The molecule has 0 radical (unpaired) electrons. The molecular weight excluding hydrogens is 519 g/mol. The molecule has 2 amide bonds. The fourth-order valence-electron chi connectivity index (χ4n) is 4.38. The van der Waals surface area contributed by atoms with E-state index < -0.39 is 40.0 Å². The van der Waals surface area contributed by atoms with E-state index in [0.29, 0.717) is 41.5 Å². The van der Waals surface area contributed by atoms with E-state index in [1.165, 1.54) is 4.90 Å². The molecule has 1 aromatic carbocycles. The molecule has 9 nitrogen and oxygen atoms in total. The molecule has 35 heavy (non-hydrogen) atoms. The monoisotopic (exact) mass is 550 g/mol. The molecule has 1 aromatic rings. The summed E-state index contributed by atoms with van der Waals surface area (Å²) in [5.74, 6) is -0.221. The Kier molecular flexibility index (Phi) is 8.96. The van der Waals surface area contributed by atoms with Crippen LogP contribution in [0.4, 0.5) is 4.79 Å². The average molecular weight is 551 g/mol. The predicted molar refractivity (Wildman–Crippen MR) is 132 cm³/mol. The van der Waals surface area contributed by atoms with Crippen molar-refractivity contribution in [3.63, 3.8) is 0 Å². The summed E-state index contributed by atoms with van der Waals surface area (Å²) >= 11 is 12.4. The molecule has 1 unspecified atom stereocenters. The highest BCUT2D eigenvalue weighted by atomic mass is 35.5. The molecule has 2 fully saturated rings. The summed E-state index contributed by atoms with van der Waals surface area (Å²) in [6.45, 7) is 6.23. The van der Waals surface area contributed by atoms with E-state index >= 15 is 0 Å². The maximum absolute atomic E-state index is 13.8. The molecule has 0 aromatic heterocycles. The molecule has 0 N–H and O–H groups in total. The van der Waals surface area contributed by atoms with Gasteiger partial charge in [0.1, 0.15) is 11.6 Å². The predicted octanol–water partition coefficient (Wildman–Crippen LogP) is 4.03. The lowest BCUT2D eigenvalue weighted by molar-refractivity contribution is -0.152. The number of likely N-dealkylation sites (tertiary alicyclic amines) is 1. The van der Waals surface area contributed by atoms with Gasteiger partial charge >= 0.3 is 6.09 Å². The molecule has 0 bridgehead atoms. The van der Waals surface area contributed by atoms with Crippen LogP contribution in [-0.2, 0) is 28.6 Å². The lowest BCUT2D eigenvalue weighted by atomic mass is 9.95. The van der Waals surface area contributed by atoms with E-state index in [1.807, 2.05) is 0 Å². The zero-order valence-electron chi connectivity index (χ0n) is 20.3. The first-order valence-electron chi connectivity index (χ1n) is 11.5. The van der Waals surface area contributed by atoms with Crippen LogP contribution >= 0.6 is 23.2 Å². The number of hydrogen-bond acceptors (Lipinski definition) is 7. The van der Waals surface area contributed by atoms with E-state index in [0.717, 1.165) is 6.26 Å². The van der Waals surface area contributed by atoms with Gasteiger partial charge in [-0.15, -0.1) is 0 Å². The maximum Gasteiger partial charge on any atom is 0.410 e. The Morgan fingerprint density at radius 2 is 1.86 bits per heavy atom. The van der Waals surface area contributed by atoms with Crippen molar-refractivity contribution in [3.05, 3.63) is 33.8 Å². The van der Waals surface area contributed by atoms with Crippen molar-refractivity contribution in [2.24, 2.45) is 0 Å². The van der Waals surface area contributed by atoms with Gasteiger partial charge in [-0.3, -0.25) is 13.9 Å². The Morgan fingerprint density at radius 3 is 2.49 bits per heavy atom. The van der Waals surface area contributed by atoms with Crippen molar-refractivity contribution >= 4 is 45.3 Å². The number of halogens is 2. The number of ether oxygens (including phenoxy) is 2. The SMILES string of the molecule is CC(C)(C)OC(=O)N1CCC[C@H]1C(=O)N1CCO[C@H](CCOS(C)(=O)=O)C1c1ccc(Cl)c(Cl)c1. The number of carbonyl (C=O) groups excluding carboxylic acids is 2.